The maximum atomic E-state index is 14.6. The van der Waals surface area contributed by atoms with Crippen LogP contribution in [0.2, 0.25) is 5.02 Å². The lowest BCUT2D eigenvalue weighted by Crippen LogP contribution is -2.51. The average Bonchev–Trinajstić information content (AvgIpc) is 3.29. The van der Waals surface area contributed by atoms with Gasteiger partial charge >= 0.3 is 24.0 Å². The number of carbonyl (C=O) groups excluding carboxylic acids is 1. The maximum Gasteiger partial charge on any atom is 0.437 e. The van der Waals surface area contributed by atoms with Gasteiger partial charge in [-0.05, 0) is 39.7 Å². The minimum atomic E-state index is -6.27. The van der Waals surface area contributed by atoms with Crippen molar-refractivity contribution in [3.05, 3.63) is 57.4 Å². The summed E-state index contributed by atoms with van der Waals surface area (Å²) >= 11 is 8.85. The van der Waals surface area contributed by atoms with Gasteiger partial charge < -0.3 is 9.30 Å². The molecule has 3 rings (SSSR count). The van der Waals surface area contributed by atoms with Crippen LogP contribution in [0.3, 0.4) is 0 Å². The van der Waals surface area contributed by atoms with E-state index in [1.54, 1.807) is 0 Å². The van der Waals surface area contributed by atoms with Crippen molar-refractivity contribution >= 4 is 33.5 Å². The summed E-state index contributed by atoms with van der Waals surface area (Å²) in [6.07, 6.45) is -10.0. The first kappa shape index (κ1) is 25.1. The number of carbonyl (C=O) groups is 1. The molecule has 0 amide bonds. The van der Waals surface area contributed by atoms with Gasteiger partial charge in [-0.25, -0.2) is 13.9 Å². The zero-order valence-electron chi connectivity index (χ0n) is 16.5. The van der Waals surface area contributed by atoms with Gasteiger partial charge in [-0.3, -0.25) is 0 Å². The van der Waals surface area contributed by atoms with E-state index in [4.69, 9.17) is 11.6 Å². The molecule has 0 saturated carbocycles. The molecular weight excluding hydrogens is 551 g/mol. The van der Waals surface area contributed by atoms with Crippen LogP contribution in [-0.4, -0.2) is 39.8 Å². The number of alkyl halides is 7. The van der Waals surface area contributed by atoms with Gasteiger partial charge in [-0.2, -0.15) is 31.4 Å². The van der Waals surface area contributed by atoms with Crippen molar-refractivity contribution in [1.82, 2.24) is 14.3 Å². The molecule has 0 unspecified atom stereocenters. The molecule has 0 spiro atoms. The molecule has 0 atom stereocenters. The number of aromatic nitrogens is 3. The summed E-state index contributed by atoms with van der Waals surface area (Å²) in [4.78, 5) is 11.8. The molecule has 0 fully saturated rings. The molecular formula is C19H12BrClF7N3O2. The molecule has 0 aliphatic heterocycles. The third kappa shape index (κ3) is 4.12. The number of benzene rings is 1. The molecule has 33 heavy (non-hydrogen) atoms. The Kier molecular flexibility index (Phi) is 6.35. The zero-order valence-corrected chi connectivity index (χ0v) is 18.9. The number of rotatable bonds is 4. The molecule has 5 nitrogen and oxygen atoms in total. The van der Waals surface area contributed by atoms with Gasteiger partial charge in [0.25, 0.3) is 0 Å². The highest BCUT2D eigenvalue weighted by Gasteiger charge is 2.74. The van der Waals surface area contributed by atoms with Crippen molar-refractivity contribution in [2.75, 3.05) is 7.11 Å². The van der Waals surface area contributed by atoms with Crippen LogP contribution in [0.5, 0.6) is 0 Å². The largest absolute Gasteiger partial charge is 0.465 e. The van der Waals surface area contributed by atoms with Crippen molar-refractivity contribution in [2.45, 2.75) is 18.0 Å². The first-order chi connectivity index (χ1) is 15.1. The topological polar surface area (TPSA) is 49.0 Å². The molecule has 3 aromatic rings. The van der Waals surface area contributed by atoms with Crippen molar-refractivity contribution in [2.24, 2.45) is 7.05 Å². The zero-order chi connectivity index (χ0) is 24.9. The van der Waals surface area contributed by atoms with Crippen molar-refractivity contribution in [3.8, 4) is 16.9 Å². The molecule has 1 aromatic carbocycles. The number of ether oxygens (including phenoxy) is 1. The van der Waals surface area contributed by atoms with Crippen LogP contribution in [0.25, 0.3) is 16.9 Å². The maximum absolute atomic E-state index is 14.6. The third-order valence-corrected chi connectivity index (χ3v) is 5.71. The van der Waals surface area contributed by atoms with E-state index in [0.29, 0.717) is 21.8 Å². The monoisotopic (exact) mass is 561 g/mol. The smallest absolute Gasteiger partial charge is 0.437 e. The van der Waals surface area contributed by atoms with Crippen molar-refractivity contribution < 1.29 is 40.3 Å². The van der Waals surface area contributed by atoms with Gasteiger partial charge in [-0.15, -0.1) is 0 Å². The van der Waals surface area contributed by atoms with Gasteiger partial charge in [0.2, 0.25) is 0 Å². The van der Waals surface area contributed by atoms with E-state index >= 15 is 0 Å². The van der Waals surface area contributed by atoms with E-state index < -0.39 is 29.7 Å². The molecule has 2 aromatic heterocycles. The SMILES string of the molecule is COC(=O)c1cc(-c2cnn(-c3c(Br)cc(C(F)(C(F)(F)F)C(F)(F)F)n3C)c2)ccc1Cl. The molecule has 2 heterocycles. The van der Waals surface area contributed by atoms with Gasteiger partial charge in [0, 0.05) is 18.8 Å². The van der Waals surface area contributed by atoms with Crippen molar-refractivity contribution in [1.29, 1.82) is 0 Å². The van der Waals surface area contributed by atoms with Gasteiger partial charge in [-0.1, -0.05) is 17.7 Å². The molecule has 0 aliphatic rings. The summed E-state index contributed by atoms with van der Waals surface area (Å²) < 4.78 is 99.6. The second-order valence-corrected chi connectivity index (χ2v) is 8.04. The minimum Gasteiger partial charge on any atom is -0.465 e. The Bertz CT molecular complexity index is 1200. The standard InChI is InChI=1S/C19H12BrClF7N3O2/c1-30-14(17(22,18(23,24)25)19(26,27)28)6-12(20)15(30)31-8-10(7-29-31)9-3-4-13(21)11(5-9)16(32)33-2/h3-8H,1-2H3. The van der Waals surface area contributed by atoms with Gasteiger partial charge in [0.05, 0.1) is 34.1 Å². The molecule has 0 bridgehead atoms. The Balaban J connectivity index is 2.12. The fourth-order valence-electron chi connectivity index (χ4n) is 3.16. The summed E-state index contributed by atoms with van der Waals surface area (Å²) in [6, 6.07) is 4.69. The van der Waals surface area contributed by atoms with Crippen LogP contribution < -0.4 is 0 Å². The Morgan fingerprint density at radius 1 is 1.06 bits per heavy atom. The summed E-state index contributed by atoms with van der Waals surface area (Å²) in [5.41, 5.74) is -6.52. The van der Waals surface area contributed by atoms with Crippen LogP contribution in [0.4, 0.5) is 30.7 Å². The predicted octanol–water partition coefficient (Wildman–Crippen LogP) is 6.37. The van der Waals surface area contributed by atoms with Crippen LogP contribution in [-0.2, 0) is 17.5 Å². The highest BCUT2D eigenvalue weighted by molar-refractivity contribution is 9.10. The fraction of sp³-hybridized carbons (Fsp3) is 0.263. The van der Waals surface area contributed by atoms with Crippen molar-refractivity contribution in [3.63, 3.8) is 0 Å². The number of nitrogens with zero attached hydrogens (tertiary/aromatic N) is 3. The number of halogens is 9. The van der Waals surface area contributed by atoms with Crippen LogP contribution in [0.1, 0.15) is 16.1 Å². The third-order valence-electron chi connectivity index (χ3n) is 4.79. The Hall–Kier alpha value is -2.54. The Morgan fingerprint density at radius 2 is 1.67 bits per heavy atom. The molecule has 14 heteroatoms. The summed E-state index contributed by atoms with van der Waals surface area (Å²) in [6.45, 7) is 0. The quantitative estimate of drug-likeness (QED) is 0.274. The second-order valence-electron chi connectivity index (χ2n) is 6.77. The van der Waals surface area contributed by atoms with E-state index in [0.717, 1.165) is 18.8 Å². The number of hydrogen-bond acceptors (Lipinski definition) is 3. The van der Waals surface area contributed by atoms with E-state index in [-0.39, 0.29) is 20.9 Å². The number of methoxy groups -OCH3 is 1. The summed E-state index contributed by atoms with van der Waals surface area (Å²) in [5, 5.41) is 4.06. The summed E-state index contributed by atoms with van der Waals surface area (Å²) in [7, 11) is 2.00. The first-order valence-electron chi connectivity index (χ1n) is 8.74. The van der Waals surface area contributed by atoms with Gasteiger partial charge in [0.15, 0.2) is 0 Å². The van der Waals surface area contributed by atoms with Crippen LogP contribution >= 0.6 is 27.5 Å². The lowest BCUT2D eigenvalue weighted by atomic mass is 10.0. The Labute approximate surface area is 194 Å². The molecule has 0 aliphatic carbocycles. The lowest BCUT2D eigenvalue weighted by Gasteiger charge is -2.30. The predicted molar refractivity (Wildman–Crippen MR) is 107 cm³/mol. The lowest BCUT2D eigenvalue weighted by molar-refractivity contribution is -0.350. The van der Waals surface area contributed by atoms with Crippen LogP contribution in [0.15, 0.2) is 41.1 Å². The average molecular weight is 563 g/mol. The van der Waals surface area contributed by atoms with E-state index in [2.05, 4.69) is 25.8 Å². The molecule has 0 radical (unpaired) electrons. The van der Waals surface area contributed by atoms with E-state index in [1.165, 1.54) is 30.6 Å². The van der Waals surface area contributed by atoms with E-state index in [1.807, 2.05) is 0 Å². The number of hydrogen-bond donors (Lipinski definition) is 0. The highest BCUT2D eigenvalue weighted by Crippen LogP contribution is 2.54. The molecule has 0 N–H and O–H groups in total. The van der Waals surface area contributed by atoms with Crippen LogP contribution in [0, 0.1) is 0 Å². The Morgan fingerprint density at radius 3 is 2.21 bits per heavy atom. The minimum absolute atomic E-state index is 0.0318. The fourth-order valence-corrected chi connectivity index (χ4v) is 4.02. The normalized spacial score (nSPS) is 12.8. The summed E-state index contributed by atoms with van der Waals surface area (Å²) in [5.74, 6) is -1.02. The first-order valence-corrected chi connectivity index (χ1v) is 9.92. The van der Waals surface area contributed by atoms with Gasteiger partial charge in [0.1, 0.15) is 5.82 Å². The van der Waals surface area contributed by atoms with E-state index in [9.17, 15) is 35.5 Å². The second kappa shape index (κ2) is 8.35. The highest BCUT2D eigenvalue weighted by atomic mass is 79.9. The number of esters is 1. The molecule has 178 valence electrons. The molecule has 0 saturated heterocycles.